The van der Waals surface area contributed by atoms with Gasteiger partial charge in [-0.1, -0.05) is 66.7 Å². The Hall–Kier alpha value is -2.56. The second kappa shape index (κ2) is 6.93. The first-order valence-corrected chi connectivity index (χ1v) is 7.76. The first-order valence-electron chi connectivity index (χ1n) is 7.76. The quantitative estimate of drug-likeness (QED) is 0.513. The lowest BCUT2D eigenvalue weighted by Crippen LogP contribution is -1.84. The maximum atomic E-state index is 3.43. The van der Waals surface area contributed by atoms with Gasteiger partial charge in [0.25, 0.3) is 0 Å². The van der Waals surface area contributed by atoms with Crippen molar-refractivity contribution < 1.29 is 0 Å². The summed E-state index contributed by atoms with van der Waals surface area (Å²) in [5, 5.41) is 2.56. The molecule has 108 valence electrons. The average Bonchev–Trinajstić information content (AvgIpc) is 2.59. The van der Waals surface area contributed by atoms with Gasteiger partial charge < -0.3 is 0 Å². The predicted octanol–water partition coefficient (Wildman–Crippen LogP) is 6.03. The largest absolute Gasteiger partial charge is 0.121 e. The molecule has 0 heterocycles. The molecule has 0 heteroatoms. The van der Waals surface area contributed by atoms with Crippen LogP contribution >= 0.6 is 0 Å². The van der Waals surface area contributed by atoms with Crippen LogP contribution in [0.2, 0.25) is 0 Å². The molecule has 0 aromatic heterocycles. The molecule has 0 fully saturated rings. The molecule has 0 aliphatic rings. The summed E-state index contributed by atoms with van der Waals surface area (Å²) in [5.41, 5.74) is 7.30. The zero-order valence-corrected chi connectivity index (χ0v) is 12.9. The van der Waals surface area contributed by atoms with E-state index in [0.29, 0.717) is 0 Å². The van der Waals surface area contributed by atoms with Gasteiger partial charge in [-0.05, 0) is 59.4 Å². The molecule has 0 radical (unpaired) electrons. The summed E-state index contributed by atoms with van der Waals surface area (Å²) in [6.07, 6.45) is 4.21. The topological polar surface area (TPSA) is 0 Å². The molecule has 0 atom stereocenters. The molecule has 0 unspecified atom stereocenters. The van der Waals surface area contributed by atoms with E-state index in [4.69, 9.17) is 0 Å². The third kappa shape index (κ3) is 3.75. The van der Waals surface area contributed by atoms with Crippen LogP contribution in [0.3, 0.4) is 0 Å². The molecule has 0 nitrogen and oxygen atoms in total. The van der Waals surface area contributed by atoms with Crippen molar-refractivity contribution >= 4 is 16.8 Å². The van der Waals surface area contributed by atoms with Gasteiger partial charge in [0.1, 0.15) is 0 Å². The van der Waals surface area contributed by atoms with Crippen LogP contribution < -0.4 is 0 Å². The molecule has 0 bridgehead atoms. The summed E-state index contributed by atoms with van der Waals surface area (Å²) in [4.78, 5) is 0. The van der Waals surface area contributed by atoms with Gasteiger partial charge in [0, 0.05) is 0 Å². The Morgan fingerprint density at radius 2 is 1.59 bits per heavy atom. The minimum Gasteiger partial charge on any atom is -0.121 e. The Kier molecular flexibility index (Phi) is 4.53. The maximum absolute atomic E-state index is 3.43. The van der Waals surface area contributed by atoms with Gasteiger partial charge in [-0.3, -0.25) is 0 Å². The van der Waals surface area contributed by atoms with Gasteiger partial charge >= 0.3 is 0 Å². The fraction of sp³-hybridized carbons (Fsp3) is 0.136. The number of hydrogen-bond acceptors (Lipinski definition) is 0. The summed E-state index contributed by atoms with van der Waals surface area (Å²) in [6.45, 7) is 2.15. The standard InChI is InChI=1S/C22H20/c1-18(11-13-19-7-3-2-4-8-19)12-14-20-15-16-21-9-5-6-10-22(21)17-20/h2-10,14-17H,11,13H2,1H3. The lowest BCUT2D eigenvalue weighted by Gasteiger charge is -2.00. The Morgan fingerprint density at radius 1 is 0.864 bits per heavy atom. The highest BCUT2D eigenvalue weighted by Crippen LogP contribution is 2.16. The predicted molar refractivity (Wildman–Crippen MR) is 95.9 cm³/mol. The molecule has 0 saturated heterocycles. The van der Waals surface area contributed by atoms with Gasteiger partial charge in [0.05, 0.1) is 0 Å². The van der Waals surface area contributed by atoms with Crippen molar-refractivity contribution in [2.45, 2.75) is 19.8 Å². The number of benzene rings is 3. The summed E-state index contributed by atoms with van der Waals surface area (Å²) in [6, 6.07) is 25.6. The summed E-state index contributed by atoms with van der Waals surface area (Å²) in [5.74, 6) is 0. The number of allylic oxidation sites excluding steroid dienone is 1. The zero-order chi connectivity index (χ0) is 15.2. The van der Waals surface area contributed by atoms with Crippen LogP contribution in [0.15, 0.2) is 84.1 Å². The van der Waals surface area contributed by atoms with E-state index in [-0.39, 0.29) is 0 Å². The minimum atomic E-state index is 1.05. The zero-order valence-electron chi connectivity index (χ0n) is 12.9. The molecule has 3 aromatic carbocycles. The molecule has 22 heavy (non-hydrogen) atoms. The highest BCUT2D eigenvalue weighted by atomic mass is 14.0. The molecule has 0 aliphatic heterocycles. The van der Waals surface area contributed by atoms with Crippen molar-refractivity contribution in [3.8, 4) is 0 Å². The van der Waals surface area contributed by atoms with Gasteiger partial charge in [-0.15, -0.1) is 5.73 Å². The van der Waals surface area contributed by atoms with E-state index >= 15 is 0 Å². The van der Waals surface area contributed by atoms with Gasteiger partial charge in [0.15, 0.2) is 0 Å². The van der Waals surface area contributed by atoms with E-state index < -0.39 is 0 Å². The van der Waals surface area contributed by atoms with Crippen molar-refractivity contribution in [1.82, 2.24) is 0 Å². The SMILES string of the molecule is CC(=C=Cc1ccc2ccccc2c1)CCc1ccccc1. The second-order valence-corrected chi connectivity index (χ2v) is 5.66. The van der Waals surface area contributed by atoms with Crippen LogP contribution in [0.25, 0.3) is 16.8 Å². The van der Waals surface area contributed by atoms with Crippen LogP contribution in [0.1, 0.15) is 24.5 Å². The molecule has 0 spiro atoms. The lowest BCUT2D eigenvalue weighted by atomic mass is 10.0. The highest BCUT2D eigenvalue weighted by Gasteiger charge is 1.94. The Labute approximate surface area is 132 Å². The summed E-state index contributed by atoms with van der Waals surface area (Å²) in [7, 11) is 0. The van der Waals surface area contributed by atoms with Gasteiger partial charge in [-0.2, -0.15) is 0 Å². The Morgan fingerprint density at radius 3 is 2.41 bits per heavy atom. The van der Waals surface area contributed by atoms with Crippen molar-refractivity contribution in [2.24, 2.45) is 0 Å². The van der Waals surface area contributed by atoms with Crippen LogP contribution in [-0.2, 0) is 6.42 Å². The minimum absolute atomic E-state index is 1.05. The number of aryl methyl sites for hydroxylation is 1. The van der Waals surface area contributed by atoms with Crippen molar-refractivity contribution in [3.63, 3.8) is 0 Å². The molecule has 0 amide bonds. The van der Waals surface area contributed by atoms with E-state index in [9.17, 15) is 0 Å². The molecular weight excluding hydrogens is 264 g/mol. The van der Waals surface area contributed by atoms with Crippen LogP contribution in [0, 0.1) is 0 Å². The Bertz CT molecular complexity index is 819. The van der Waals surface area contributed by atoms with E-state index in [1.165, 1.54) is 27.5 Å². The fourth-order valence-corrected chi connectivity index (χ4v) is 2.55. The lowest BCUT2D eigenvalue weighted by molar-refractivity contribution is 0.944. The average molecular weight is 284 g/mol. The molecule has 3 rings (SSSR count). The number of hydrogen-bond donors (Lipinski definition) is 0. The van der Waals surface area contributed by atoms with Crippen LogP contribution in [-0.4, -0.2) is 0 Å². The molecule has 3 aromatic rings. The first kappa shape index (κ1) is 14.4. The first-order chi connectivity index (χ1) is 10.8. The van der Waals surface area contributed by atoms with Crippen LogP contribution in [0.4, 0.5) is 0 Å². The van der Waals surface area contributed by atoms with E-state index in [1.54, 1.807) is 0 Å². The summed E-state index contributed by atoms with van der Waals surface area (Å²) < 4.78 is 0. The molecular formula is C22H20. The number of fused-ring (bicyclic) bond motifs is 1. The maximum Gasteiger partial charge on any atom is -0.0128 e. The third-order valence-corrected chi connectivity index (χ3v) is 3.89. The van der Waals surface area contributed by atoms with Crippen LogP contribution in [0.5, 0.6) is 0 Å². The fourth-order valence-electron chi connectivity index (χ4n) is 2.55. The van der Waals surface area contributed by atoms with E-state index in [1.807, 2.05) is 0 Å². The second-order valence-electron chi connectivity index (χ2n) is 5.66. The highest BCUT2D eigenvalue weighted by molar-refractivity contribution is 5.84. The van der Waals surface area contributed by atoms with Gasteiger partial charge in [-0.25, -0.2) is 0 Å². The van der Waals surface area contributed by atoms with Crippen molar-refractivity contribution in [2.75, 3.05) is 0 Å². The number of rotatable bonds is 4. The van der Waals surface area contributed by atoms with Crippen molar-refractivity contribution in [3.05, 3.63) is 95.2 Å². The molecule has 0 N–H and O–H groups in total. The normalized spacial score (nSPS) is 10.2. The van der Waals surface area contributed by atoms with E-state index in [0.717, 1.165) is 12.8 Å². The van der Waals surface area contributed by atoms with E-state index in [2.05, 4.69) is 91.5 Å². The molecule has 0 saturated carbocycles. The Balaban J connectivity index is 1.72. The van der Waals surface area contributed by atoms with Gasteiger partial charge in [0.2, 0.25) is 0 Å². The smallest absolute Gasteiger partial charge is 0.0128 e. The van der Waals surface area contributed by atoms with Crippen molar-refractivity contribution in [1.29, 1.82) is 0 Å². The monoisotopic (exact) mass is 284 g/mol. The molecule has 0 aliphatic carbocycles. The summed E-state index contributed by atoms with van der Waals surface area (Å²) >= 11 is 0. The third-order valence-electron chi connectivity index (χ3n) is 3.89.